The molecule has 1 aliphatic rings. The zero-order valence-corrected chi connectivity index (χ0v) is 13.0. The Morgan fingerprint density at radius 3 is 2.91 bits per heavy atom. The lowest BCUT2D eigenvalue weighted by atomic mass is 10.1. The molecule has 0 radical (unpaired) electrons. The molecule has 2 aromatic heterocycles. The Balaban J connectivity index is 1.80. The molecule has 3 rings (SSSR count). The van der Waals surface area contributed by atoms with Gasteiger partial charge in [0.25, 0.3) is 0 Å². The molecular weight excluding hydrogens is 280 g/mol. The van der Waals surface area contributed by atoms with Gasteiger partial charge in [0, 0.05) is 24.8 Å². The van der Waals surface area contributed by atoms with Crippen LogP contribution in [-0.4, -0.2) is 27.9 Å². The number of anilines is 1. The number of amides is 1. The summed E-state index contributed by atoms with van der Waals surface area (Å²) in [5.74, 6) is 2.25. The highest BCUT2D eigenvalue weighted by atomic mass is 16.3. The van der Waals surface area contributed by atoms with Crippen LogP contribution in [0.3, 0.4) is 0 Å². The fourth-order valence-electron chi connectivity index (χ4n) is 2.43. The van der Waals surface area contributed by atoms with Crippen LogP contribution in [0.2, 0.25) is 0 Å². The summed E-state index contributed by atoms with van der Waals surface area (Å²) >= 11 is 0. The first kappa shape index (κ1) is 14.5. The first-order valence-corrected chi connectivity index (χ1v) is 7.16. The normalized spacial score (nSPS) is 20.2. The van der Waals surface area contributed by atoms with Crippen molar-refractivity contribution in [3.05, 3.63) is 46.8 Å². The van der Waals surface area contributed by atoms with E-state index in [1.165, 1.54) is 0 Å². The van der Waals surface area contributed by atoms with Gasteiger partial charge in [0.1, 0.15) is 29.5 Å². The van der Waals surface area contributed by atoms with Crippen molar-refractivity contribution in [3.63, 3.8) is 0 Å². The lowest BCUT2D eigenvalue weighted by Crippen LogP contribution is -2.42. The van der Waals surface area contributed by atoms with Crippen molar-refractivity contribution in [2.45, 2.75) is 26.9 Å². The number of hydrogen-bond donors (Lipinski definition) is 1. The fourth-order valence-corrected chi connectivity index (χ4v) is 2.43. The maximum Gasteiger partial charge on any atom is 0.306 e. The third kappa shape index (κ3) is 2.65. The van der Waals surface area contributed by atoms with Crippen LogP contribution in [0.15, 0.2) is 28.4 Å². The Kier molecular flexibility index (Phi) is 3.54. The predicted molar refractivity (Wildman–Crippen MR) is 82.4 cm³/mol. The highest BCUT2D eigenvalue weighted by Gasteiger charge is 2.31. The number of aryl methyl sites for hydroxylation is 1. The smallest absolute Gasteiger partial charge is 0.306 e. The van der Waals surface area contributed by atoms with Gasteiger partial charge in [-0.1, -0.05) is 0 Å². The minimum Gasteiger partial charge on any atom is -0.465 e. The summed E-state index contributed by atoms with van der Waals surface area (Å²) in [6.45, 7) is 4.92. The molecule has 1 unspecified atom stereocenters. The van der Waals surface area contributed by atoms with Crippen LogP contribution >= 0.6 is 0 Å². The van der Waals surface area contributed by atoms with Crippen molar-refractivity contribution in [1.29, 1.82) is 0 Å². The number of hydrogen-bond acceptors (Lipinski definition) is 5. The number of allylic oxidation sites excluding steroid dienone is 1. The van der Waals surface area contributed by atoms with Gasteiger partial charge in [0.05, 0.1) is 13.6 Å². The summed E-state index contributed by atoms with van der Waals surface area (Å²) < 4.78 is 5.73. The van der Waals surface area contributed by atoms with Crippen LogP contribution in [0, 0.1) is 6.92 Å². The molecule has 0 saturated carbocycles. The van der Waals surface area contributed by atoms with E-state index in [0.29, 0.717) is 19.0 Å². The maximum atomic E-state index is 11.4. The summed E-state index contributed by atoms with van der Waals surface area (Å²) in [6, 6.07) is 3.85. The van der Waals surface area contributed by atoms with Gasteiger partial charge in [-0.2, -0.15) is 0 Å². The molecular formula is C16H19N4O2+. The van der Waals surface area contributed by atoms with Crippen LogP contribution in [0.4, 0.5) is 5.95 Å². The molecule has 6 heteroatoms. The topological polar surface area (TPSA) is 68.0 Å². The lowest BCUT2D eigenvalue weighted by Gasteiger charge is -2.30. The van der Waals surface area contributed by atoms with E-state index in [0.717, 1.165) is 34.9 Å². The molecule has 3 heterocycles. The number of fused-ring (bicyclic) bond motifs is 1. The number of quaternary nitrogens is 1. The first-order chi connectivity index (χ1) is 10.5. The van der Waals surface area contributed by atoms with E-state index in [4.69, 9.17) is 4.42 Å². The summed E-state index contributed by atoms with van der Waals surface area (Å²) in [6.07, 6.45) is 4.69. The van der Waals surface area contributed by atoms with E-state index >= 15 is 0 Å². The maximum absolute atomic E-state index is 11.4. The molecule has 2 aromatic rings. The molecule has 0 spiro atoms. The number of carbonyl (C=O) groups is 1. The molecule has 1 aliphatic heterocycles. The van der Waals surface area contributed by atoms with Gasteiger partial charge < -0.3 is 9.73 Å². The minimum atomic E-state index is 0.223. The highest BCUT2D eigenvalue weighted by molar-refractivity contribution is 5.58. The predicted octanol–water partition coefficient (Wildman–Crippen LogP) is 2.47. The van der Waals surface area contributed by atoms with Crippen LogP contribution < -0.4 is 5.32 Å². The van der Waals surface area contributed by atoms with Gasteiger partial charge in [-0.25, -0.2) is 19.2 Å². The zero-order valence-electron chi connectivity index (χ0n) is 13.0. The Labute approximate surface area is 129 Å². The summed E-state index contributed by atoms with van der Waals surface area (Å²) in [5.41, 5.74) is 2.82. The van der Waals surface area contributed by atoms with Crippen molar-refractivity contribution in [1.82, 2.24) is 9.97 Å². The third-order valence-corrected chi connectivity index (χ3v) is 4.00. The average Bonchev–Trinajstić information content (AvgIpc) is 2.92. The largest absolute Gasteiger partial charge is 0.465 e. The summed E-state index contributed by atoms with van der Waals surface area (Å²) in [5, 5.41) is 3.15. The number of nitrogens with zero attached hydrogens (tertiary/aromatic N) is 3. The van der Waals surface area contributed by atoms with Gasteiger partial charge in [-0.05, 0) is 19.1 Å². The quantitative estimate of drug-likeness (QED) is 0.694. The molecule has 22 heavy (non-hydrogen) atoms. The number of rotatable bonds is 4. The Morgan fingerprint density at radius 2 is 2.23 bits per heavy atom. The average molecular weight is 299 g/mol. The SMILES string of the molecule is CC1=Cc2cnc(NCc3ccc(C)o3)nc2C[N+]1(C)C=O. The second kappa shape index (κ2) is 5.38. The highest BCUT2D eigenvalue weighted by Crippen LogP contribution is 2.27. The van der Waals surface area contributed by atoms with E-state index < -0.39 is 0 Å². The molecule has 0 aromatic carbocycles. The van der Waals surface area contributed by atoms with Crippen molar-refractivity contribution in [3.8, 4) is 0 Å². The second-order valence-corrected chi connectivity index (χ2v) is 5.78. The van der Waals surface area contributed by atoms with E-state index in [9.17, 15) is 4.79 Å². The molecule has 0 saturated heterocycles. The molecule has 114 valence electrons. The van der Waals surface area contributed by atoms with E-state index in [2.05, 4.69) is 15.3 Å². The van der Waals surface area contributed by atoms with Crippen molar-refractivity contribution in [2.75, 3.05) is 12.4 Å². The standard InChI is InChI=1S/C16H19N4O2/c1-11-6-13-7-17-16(18-8-14-5-4-12(2)22-14)19-15(13)9-20(11,3)10-21/h4-7,10H,8-9H2,1-3H3,(H,17,18,19)/q+1. The molecule has 0 aliphatic carbocycles. The van der Waals surface area contributed by atoms with E-state index in [1.807, 2.05) is 39.1 Å². The third-order valence-electron chi connectivity index (χ3n) is 4.00. The van der Waals surface area contributed by atoms with Crippen LogP contribution in [0.5, 0.6) is 0 Å². The van der Waals surface area contributed by atoms with Gasteiger partial charge in [0.15, 0.2) is 0 Å². The Morgan fingerprint density at radius 1 is 1.41 bits per heavy atom. The van der Waals surface area contributed by atoms with E-state index in [1.54, 1.807) is 6.20 Å². The Bertz CT molecular complexity index is 750. The van der Waals surface area contributed by atoms with Crippen molar-refractivity contribution >= 4 is 18.4 Å². The van der Waals surface area contributed by atoms with E-state index in [-0.39, 0.29) is 4.48 Å². The first-order valence-electron chi connectivity index (χ1n) is 7.16. The van der Waals surface area contributed by atoms with Crippen LogP contribution in [0.25, 0.3) is 6.08 Å². The molecule has 1 amide bonds. The lowest BCUT2D eigenvalue weighted by molar-refractivity contribution is -0.800. The number of nitrogens with one attached hydrogen (secondary N) is 1. The minimum absolute atomic E-state index is 0.223. The molecule has 1 atom stereocenters. The number of carbonyl (C=O) groups excluding carboxylic acids is 1. The number of furan rings is 1. The van der Waals surface area contributed by atoms with Crippen LogP contribution in [-0.2, 0) is 17.9 Å². The van der Waals surface area contributed by atoms with Gasteiger partial charge in [-0.3, -0.25) is 0 Å². The van der Waals surface area contributed by atoms with Crippen molar-refractivity contribution in [2.24, 2.45) is 0 Å². The van der Waals surface area contributed by atoms with Gasteiger partial charge in [-0.15, -0.1) is 0 Å². The zero-order chi connectivity index (χ0) is 15.7. The molecule has 6 nitrogen and oxygen atoms in total. The Hall–Kier alpha value is -2.47. The monoisotopic (exact) mass is 299 g/mol. The van der Waals surface area contributed by atoms with Crippen LogP contribution in [0.1, 0.15) is 29.7 Å². The molecule has 0 fully saturated rings. The van der Waals surface area contributed by atoms with Crippen molar-refractivity contribution < 1.29 is 13.7 Å². The summed E-state index contributed by atoms with van der Waals surface area (Å²) in [4.78, 5) is 20.2. The molecule has 0 bridgehead atoms. The summed E-state index contributed by atoms with van der Waals surface area (Å²) in [7, 11) is 1.88. The number of aromatic nitrogens is 2. The van der Waals surface area contributed by atoms with Gasteiger partial charge in [0.2, 0.25) is 5.95 Å². The molecule has 1 N–H and O–H groups in total. The second-order valence-electron chi connectivity index (χ2n) is 5.78. The fraction of sp³-hybridized carbons (Fsp3) is 0.312. The van der Waals surface area contributed by atoms with Gasteiger partial charge >= 0.3 is 6.41 Å².